The Labute approximate surface area is 219 Å². The van der Waals surface area contributed by atoms with Gasteiger partial charge in [-0.25, -0.2) is 4.21 Å². The van der Waals surface area contributed by atoms with Crippen LogP contribution < -0.4 is 10.2 Å². The number of nitrogens with one attached hydrogen (secondary N) is 1. The van der Waals surface area contributed by atoms with E-state index < -0.39 is 10.8 Å². The predicted molar refractivity (Wildman–Crippen MR) is 146 cm³/mol. The zero-order chi connectivity index (χ0) is 25.9. The number of benzene rings is 4. The van der Waals surface area contributed by atoms with Crippen molar-refractivity contribution >= 4 is 28.3 Å². The van der Waals surface area contributed by atoms with E-state index in [1.807, 2.05) is 56.3 Å². The molecule has 0 fully saturated rings. The molecule has 4 aromatic carbocycles. The first kappa shape index (κ1) is 24.7. The van der Waals surface area contributed by atoms with Crippen molar-refractivity contribution in [2.75, 3.05) is 11.4 Å². The number of nitrogens with zero attached hydrogens (tertiary/aromatic N) is 1. The van der Waals surface area contributed by atoms with Crippen molar-refractivity contribution in [2.45, 2.75) is 36.6 Å². The van der Waals surface area contributed by atoms with Crippen molar-refractivity contribution in [3.05, 3.63) is 124 Å². The minimum absolute atomic E-state index is 0.231. The van der Waals surface area contributed by atoms with Crippen LogP contribution in [0.15, 0.2) is 101 Å². The third kappa shape index (κ3) is 5.11. The minimum Gasteiger partial charge on any atom is -0.352 e. The van der Waals surface area contributed by atoms with E-state index in [1.165, 1.54) is 0 Å². The second kappa shape index (κ2) is 10.5. The summed E-state index contributed by atoms with van der Waals surface area (Å²) in [5.74, 6) is -0.462. The lowest BCUT2D eigenvalue weighted by atomic mass is 10.0. The van der Waals surface area contributed by atoms with Crippen LogP contribution in [0.25, 0.3) is 0 Å². The number of hydrogen-bond acceptors (Lipinski definition) is 3. The Morgan fingerprint density at radius 1 is 0.865 bits per heavy atom. The lowest BCUT2D eigenvalue weighted by Gasteiger charge is -2.24. The molecule has 4 aromatic rings. The van der Waals surface area contributed by atoms with Crippen molar-refractivity contribution in [2.24, 2.45) is 0 Å². The fourth-order valence-corrected chi connectivity index (χ4v) is 5.91. The zero-order valence-corrected chi connectivity index (χ0v) is 21.7. The van der Waals surface area contributed by atoms with Gasteiger partial charge in [-0.05, 0) is 67.3 Å². The summed E-state index contributed by atoms with van der Waals surface area (Å²) >= 11 is 0. The number of anilines is 1. The summed E-state index contributed by atoms with van der Waals surface area (Å²) in [4.78, 5) is 29.6. The van der Waals surface area contributed by atoms with Crippen molar-refractivity contribution in [1.82, 2.24) is 5.32 Å². The van der Waals surface area contributed by atoms with Crippen LogP contribution in [0.5, 0.6) is 0 Å². The van der Waals surface area contributed by atoms with E-state index in [2.05, 4.69) is 11.4 Å². The Morgan fingerprint density at radius 3 is 2.43 bits per heavy atom. The third-order valence-corrected chi connectivity index (χ3v) is 8.15. The second-order valence-electron chi connectivity index (χ2n) is 9.26. The molecule has 5 nitrogen and oxygen atoms in total. The molecule has 0 saturated heterocycles. The molecular weight excluding hydrogens is 480 g/mol. The van der Waals surface area contributed by atoms with Gasteiger partial charge in [0.2, 0.25) is 0 Å². The number of aryl methyl sites for hydroxylation is 2. The van der Waals surface area contributed by atoms with Gasteiger partial charge in [-0.1, -0.05) is 66.2 Å². The molecule has 2 amide bonds. The minimum atomic E-state index is -1.56. The second-order valence-corrected chi connectivity index (χ2v) is 10.7. The molecule has 1 heterocycles. The number of fused-ring (bicyclic) bond motifs is 2. The quantitative estimate of drug-likeness (QED) is 0.369. The largest absolute Gasteiger partial charge is 0.352 e. The SMILES string of the molecule is Cc1ccc(C)c(CN2C(=O)c3ccccc3[S@@](=O)c3ccc(C(=O)NCCc4ccccc4)cc32)c1. The fraction of sp³-hybridized carbons (Fsp3) is 0.161. The van der Waals surface area contributed by atoms with Crippen molar-refractivity contribution in [1.29, 1.82) is 0 Å². The molecule has 186 valence electrons. The van der Waals surface area contributed by atoms with Crippen molar-refractivity contribution in [3.63, 3.8) is 0 Å². The summed E-state index contributed by atoms with van der Waals surface area (Å²) in [6.45, 7) is 4.83. The first-order valence-electron chi connectivity index (χ1n) is 12.3. The van der Waals surface area contributed by atoms with Gasteiger partial charge in [0.15, 0.2) is 0 Å². The number of hydrogen-bond donors (Lipinski definition) is 1. The highest BCUT2D eigenvalue weighted by Gasteiger charge is 2.31. The molecule has 0 bridgehead atoms. The molecule has 1 aliphatic heterocycles. The maximum absolute atomic E-state index is 13.8. The Kier molecular flexibility index (Phi) is 7.01. The highest BCUT2D eigenvalue weighted by atomic mass is 32.2. The lowest BCUT2D eigenvalue weighted by Crippen LogP contribution is -2.31. The van der Waals surface area contributed by atoms with E-state index in [0.29, 0.717) is 46.1 Å². The average molecular weight is 509 g/mol. The van der Waals surface area contributed by atoms with E-state index in [-0.39, 0.29) is 11.8 Å². The van der Waals surface area contributed by atoms with Gasteiger partial charge in [0.25, 0.3) is 11.8 Å². The average Bonchev–Trinajstić information content (AvgIpc) is 3.00. The molecule has 0 saturated carbocycles. The van der Waals surface area contributed by atoms with Gasteiger partial charge < -0.3 is 10.2 Å². The Bertz CT molecular complexity index is 1510. The number of amides is 2. The van der Waals surface area contributed by atoms with Gasteiger partial charge in [-0.15, -0.1) is 0 Å². The molecule has 0 spiro atoms. The Hall–Kier alpha value is -4.03. The predicted octanol–water partition coefficient (Wildman–Crippen LogP) is 5.60. The molecule has 0 aliphatic carbocycles. The van der Waals surface area contributed by atoms with Gasteiger partial charge in [-0.2, -0.15) is 0 Å². The first-order chi connectivity index (χ1) is 17.9. The van der Waals surface area contributed by atoms with Crippen LogP contribution in [-0.4, -0.2) is 22.6 Å². The van der Waals surface area contributed by atoms with Crippen LogP contribution in [0.4, 0.5) is 5.69 Å². The van der Waals surface area contributed by atoms with Crippen LogP contribution >= 0.6 is 0 Å². The van der Waals surface area contributed by atoms with Crippen molar-refractivity contribution < 1.29 is 13.8 Å². The maximum atomic E-state index is 13.8. The molecule has 0 aromatic heterocycles. The molecular formula is C31H28N2O3S. The fourth-order valence-electron chi connectivity index (χ4n) is 4.57. The summed E-state index contributed by atoms with van der Waals surface area (Å²) in [6, 6.07) is 28.2. The summed E-state index contributed by atoms with van der Waals surface area (Å²) in [5, 5.41) is 2.97. The molecule has 1 aliphatic rings. The summed E-state index contributed by atoms with van der Waals surface area (Å²) in [7, 11) is -1.56. The first-order valence-corrected chi connectivity index (χ1v) is 13.4. The van der Waals surface area contributed by atoms with Crippen molar-refractivity contribution in [3.8, 4) is 0 Å². The molecule has 0 unspecified atom stereocenters. The van der Waals surface area contributed by atoms with E-state index in [1.54, 1.807) is 47.4 Å². The summed E-state index contributed by atoms with van der Waals surface area (Å²) < 4.78 is 13.6. The molecule has 6 heteroatoms. The monoisotopic (exact) mass is 508 g/mol. The van der Waals surface area contributed by atoms with Crippen LogP contribution in [0.2, 0.25) is 0 Å². The normalized spacial score (nSPS) is 14.5. The van der Waals surface area contributed by atoms with Crippen LogP contribution in [0.1, 0.15) is 43.0 Å². The van der Waals surface area contributed by atoms with Gasteiger partial charge in [0.1, 0.15) is 0 Å². The standard InChI is InChI=1S/C31H28N2O3S/c1-21-12-13-22(2)25(18-21)20-33-27-19-24(30(34)32-17-16-23-8-4-3-5-9-23)14-15-29(27)37(36)28-11-7-6-10-26(28)31(33)35/h3-15,18-19H,16-17,20H2,1-2H3,(H,32,34)/t37-/m1/s1. The summed E-state index contributed by atoms with van der Waals surface area (Å²) in [5.41, 5.74) is 5.64. The number of carbonyl (C=O) groups is 2. The van der Waals surface area contributed by atoms with E-state index in [0.717, 1.165) is 22.3 Å². The number of carbonyl (C=O) groups excluding carboxylic acids is 2. The Balaban J connectivity index is 1.51. The van der Waals surface area contributed by atoms with Crippen LogP contribution in [0.3, 0.4) is 0 Å². The third-order valence-electron chi connectivity index (χ3n) is 6.65. The molecule has 0 radical (unpaired) electrons. The molecule has 1 N–H and O–H groups in total. The van der Waals surface area contributed by atoms with Gasteiger partial charge in [-0.3, -0.25) is 9.59 Å². The Morgan fingerprint density at radius 2 is 1.62 bits per heavy atom. The highest BCUT2D eigenvalue weighted by Crippen LogP contribution is 2.36. The lowest BCUT2D eigenvalue weighted by molar-refractivity contribution is 0.0950. The maximum Gasteiger partial charge on any atom is 0.259 e. The number of rotatable bonds is 6. The van der Waals surface area contributed by atoms with E-state index in [4.69, 9.17) is 0 Å². The van der Waals surface area contributed by atoms with Gasteiger partial charge in [0.05, 0.1) is 38.4 Å². The molecule has 37 heavy (non-hydrogen) atoms. The smallest absolute Gasteiger partial charge is 0.259 e. The van der Waals surface area contributed by atoms with E-state index in [9.17, 15) is 13.8 Å². The van der Waals surface area contributed by atoms with Gasteiger partial charge in [0, 0.05) is 12.1 Å². The highest BCUT2D eigenvalue weighted by molar-refractivity contribution is 7.85. The topological polar surface area (TPSA) is 66.5 Å². The van der Waals surface area contributed by atoms with E-state index >= 15 is 0 Å². The molecule has 5 rings (SSSR count). The van der Waals surface area contributed by atoms with Crippen LogP contribution in [-0.2, 0) is 23.8 Å². The van der Waals surface area contributed by atoms with Gasteiger partial charge >= 0.3 is 0 Å². The summed E-state index contributed by atoms with van der Waals surface area (Å²) in [6.07, 6.45) is 0.716. The van der Waals surface area contributed by atoms with Crippen LogP contribution in [0, 0.1) is 13.8 Å². The zero-order valence-electron chi connectivity index (χ0n) is 20.9. The molecule has 1 atom stereocenters.